The fraction of sp³-hybridized carbons (Fsp3) is 0.786. The van der Waals surface area contributed by atoms with E-state index in [1.165, 1.54) is 0 Å². The molecule has 20 heavy (non-hydrogen) atoms. The second-order valence-electron chi connectivity index (χ2n) is 6.26. The van der Waals surface area contributed by atoms with Crippen LogP contribution in [0.5, 0.6) is 0 Å². The summed E-state index contributed by atoms with van der Waals surface area (Å²) in [7, 11) is 1.88. The molecular formula is C14H23N5O. The van der Waals surface area contributed by atoms with Gasteiger partial charge in [-0.15, -0.1) is 10.2 Å². The van der Waals surface area contributed by atoms with Crippen molar-refractivity contribution >= 4 is 5.91 Å². The maximum atomic E-state index is 12.7. The van der Waals surface area contributed by atoms with Gasteiger partial charge in [0.05, 0.1) is 6.54 Å². The number of rotatable bonds is 3. The number of hydrogen-bond donors (Lipinski definition) is 1. The van der Waals surface area contributed by atoms with Crippen molar-refractivity contribution in [2.75, 3.05) is 20.1 Å². The summed E-state index contributed by atoms with van der Waals surface area (Å²) in [5.74, 6) is 2.22. The van der Waals surface area contributed by atoms with E-state index in [1.807, 2.05) is 11.9 Å². The Hall–Kier alpha value is -1.43. The largest absolute Gasteiger partial charge is 0.338 e. The lowest BCUT2D eigenvalue weighted by Crippen LogP contribution is -2.46. The average Bonchev–Trinajstić information content (AvgIpc) is 3.03. The number of fused-ring (bicyclic) bond motifs is 1. The van der Waals surface area contributed by atoms with Gasteiger partial charge in [-0.3, -0.25) is 4.79 Å². The molecule has 2 aliphatic heterocycles. The highest BCUT2D eigenvalue weighted by atomic mass is 16.2. The van der Waals surface area contributed by atoms with Crippen molar-refractivity contribution in [2.45, 2.75) is 45.7 Å². The Morgan fingerprint density at radius 2 is 2.15 bits per heavy atom. The molecule has 6 nitrogen and oxygen atoms in total. The van der Waals surface area contributed by atoms with E-state index in [1.54, 1.807) is 0 Å². The van der Waals surface area contributed by atoms with Crippen LogP contribution in [0.15, 0.2) is 0 Å². The molecule has 1 fully saturated rings. The van der Waals surface area contributed by atoms with Crippen LogP contribution in [-0.4, -0.2) is 45.7 Å². The van der Waals surface area contributed by atoms with Gasteiger partial charge >= 0.3 is 0 Å². The lowest BCUT2D eigenvalue weighted by molar-refractivity contribution is -0.142. The standard InChI is InChI=1S/C14H23N5O/c1-14(5-7-15-8-6-14)13(20)18(2)10-12-17-16-11-4-3-9-19(11)12/h15H,3-10H2,1-2H3. The molecule has 0 aliphatic carbocycles. The predicted molar refractivity (Wildman–Crippen MR) is 75.0 cm³/mol. The zero-order chi connectivity index (χ0) is 14.2. The third-order valence-corrected chi connectivity index (χ3v) is 4.63. The Morgan fingerprint density at radius 1 is 1.40 bits per heavy atom. The lowest BCUT2D eigenvalue weighted by atomic mass is 9.80. The van der Waals surface area contributed by atoms with Crippen LogP contribution < -0.4 is 5.32 Å². The molecule has 1 aromatic heterocycles. The first-order valence-corrected chi connectivity index (χ1v) is 7.47. The molecule has 1 aromatic rings. The summed E-state index contributed by atoms with van der Waals surface area (Å²) in [6.45, 7) is 5.49. The SMILES string of the molecule is CN(Cc1nnc2n1CCC2)C(=O)C1(C)CCNCC1. The Labute approximate surface area is 119 Å². The van der Waals surface area contributed by atoms with Crippen LogP contribution in [0.4, 0.5) is 0 Å². The number of aryl methyl sites for hydroxylation is 1. The monoisotopic (exact) mass is 277 g/mol. The van der Waals surface area contributed by atoms with Crippen molar-refractivity contribution in [1.82, 2.24) is 25.0 Å². The summed E-state index contributed by atoms with van der Waals surface area (Å²) in [6.07, 6.45) is 3.97. The topological polar surface area (TPSA) is 63.1 Å². The number of carbonyl (C=O) groups is 1. The molecule has 0 aromatic carbocycles. The summed E-state index contributed by atoms with van der Waals surface area (Å²) < 4.78 is 2.16. The molecule has 0 unspecified atom stereocenters. The van der Waals surface area contributed by atoms with Crippen molar-refractivity contribution in [3.63, 3.8) is 0 Å². The van der Waals surface area contributed by atoms with Gasteiger partial charge in [0, 0.05) is 25.4 Å². The fourth-order valence-corrected chi connectivity index (χ4v) is 3.26. The Kier molecular flexibility index (Phi) is 3.50. The number of aromatic nitrogens is 3. The molecule has 3 heterocycles. The molecule has 3 rings (SSSR count). The number of nitrogens with zero attached hydrogens (tertiary/aromatic N) is 4. The van der Waals surface area contributed by atoms with Crippen LogP contribution in [0.25, 0.3) is 0 Å². The number of hydrogen-bond acceptors (Lipinski definition) is 4. The number of carbonyl (C=O) groups excluding carboxylic acids is 1. The molecule has 1 N–H and O–H groups in total. The minimum Gasteiger partial charge on any atom is -0.338 e. The first-order valence-electron chi connectivity index (χ1n) is 7.47. The molecule has 1 saturated heterocycles. The van der Waals surface area contributed by atoms with Gasteiger partial charge in [0.15, 0.2) is 5.82 Å². The van der Waals surface area contributed by atoms with Crippen molar-refractivity contribution < 1.29 is 4.79 Å². The molecule has 0 saturated carbocycles. The van der Waals surface area contributed by atoms with E-state index in [2.05, 4.69) is 27.0 Å². The maximum Gasteiger partial charge on any atom is 0.228 e. The van der Waals surface area contributed by atoms with E-state index in [9.17, 15) is 4.79 Å². The van der Waals surface area contributed by atoms with Gasteiger partial charge in [-0.25, -0.2) is 0 Å². The summed E-state index contributed by atoms with van der Waals surface area (Å²) in [5.41, 5.74) is -0.228. The van der Waals surface area contributed by atoms with E-state index >= 15 is 0 Å². The zero-order valence-electron chi connectivity index (χ0n) is 12.4. The minimum atomic E-state index is -0.228. The third kappa shape index (κ3) is 2.32. The Balaban J connectivity index is 1.69. The highest BCUT2D eigenvalue weighted by Gasteiger charge is 2.37. The van der Waals surface area contributed by atoms with Gasteiger partial charge in [0.1, 0.15) is 5.82 Å². The molecule has 1 amide bonds. The van der Waals surface area contributed by atoms with E-state index in [4.69, 9.17) is 0 Å². The predicted octanol–water partition coefficient (Wildman–Crippen LogP) is 0.572. The Morgan fingerprint density at radius 3 is 2.90 bits per heavy atom. The minimum absolute atomic E-state index is 0.228. The van der Waals surface area contributed by atoms with Gasteiger partial charge in [-0.2, -0.15) is 0 Å². The molecule has 6 heteroatoms. The summed E-state index contributed by atoms with van der Waals surface area (Å²) in [6, 6.07) is 0. The van der Waals surface area contributed by atoms with E-state index in [0.29, 0.717) is 6.54 Å². The van der Waals surface area contributed by atoms with Gasteiger partial charge in [0.25, 0.3) is 0 Å². The van der Waals surface area contributed by atoms with Crippen molar-refractivity contribution in [1.29, 1.82) is 0 Å². The van der Waals surface area contributed by atoms with Crippen molar-refractivity contribution in [3.05, 3.63) is 11.6 Å². The van der Waals surface area contributed by atoms with Crippen LogP contribution in [0.1, 0.15) is 37.8 Å². The number of piperidine rings is 1. The average molecular weight is 277 g/mol. The third-order valence-electron chi connectivity index (χ3n) is 4.63. The number of nitrogens with one attached hydrogen (secondary N) is 1. The molecule has 2 aliphatic rings. The van der Waals surface area contributed by atoms with Crippen molar-refractivity contribution in [2.24, 2.45) is 5.41 Å². The van der Waals surface area contributed by atoms with Gasteiger partial charge in [-0.05, 0) is 32.4 Å². The fourth-order valence-electron chi connectivity index (χ4n) is 3.26. The van der Waals surface area contributed by atoms with Crippen LogP contribution in [0.3, 0.4) is 0 Å². The van der Waals surface area contributed by atoms with Gasteiger partial charge in [0.2, 0.25) is 5.91 Å². The molecule has 0 radical (unpaired) electrons. The van der Waals surface area contributed by atoms with E-state index < -0.39 is 0 Å². The molecular weight excluding hydrogens is 254 g/mol. The van der Waals surface area contributed by atoms with E-state index in [-0.39, 0.29) is 11.3 Å². The highest BCUT2D eigenvalue weighted by molar-refractivity contribution is 5.82. The van der Waals surface area contributed by atoms with Gasteiger partial charge < -0.3 is 14.8 Å². The maximum absolute atomic E-state index is 12.7. The summed E-state index contributed by atoms with van der Waals surface area (Å²) >= 11 is 0. The molecule has 0 atom stereocenters. The first-order chi connectivity index (χ1) is 9.60. The highest BCUT2D eigenvalue weighted by Crippen LogP contribution is 2.30. The normalized spacial score (nSPS) is 20.7. The first kappa shape index (κ1) is 13.5. The quantitative estimate of drug-likeness (QED) is 0.877. The smallest absolute Gasteiger partial charge is 0.228 e. The van der Waals surface area contributed by atoms with Crippen molar-refractivity contribution in [3.8, 4) is 0 Å². The van der Waals surface area contributed by atoms with Crippen LogP contribution >= 0.6 is 0 Å². The van der Waals surface area contributed by atoms with Crippen LogP contribution in [0, 0.1) is 5.41 Å². The van der Waals surface area contributed by atoms with Crippen LogP contribution in [-0.2, 0) is 24.3 Å². The van der Waals surface area contributed by atoms with E-state index in [0.717, 1.165) is 57.0 Å². The second-order valence-corrected chi connectivity index (χ2v) is 6.26. The zero-order valence-corrected chi connectivity index (χ0v) is 12.4. The second kappa shape index (κ2) is 5.16. The summed E-state index contributed by atoms with van der Waals surface area (Å²) in [5, 5.41) is 11.8. The number of amides is 1. The Bertz CT molecular complexity index is 504. The molecule has 0 spiro atoms. The lowest BCUT2D eigenvalue weighted by Gasteiger charge is -2.35. The molecule has 0 bridgehead atoms. The van der Waals surface area contributed by atoms with Crippen LogP contribution in [0.2, 0.25) is 0 Å². The summed E-state index contributed by atoms with van der Waals surface area (Å²) in [4.78, 5) is 14.5. The van der Waals surface area contributed by atoms with Gasteiger partial charge in [-0.1, -0.05) is 6.92 Å². The molecule has 110 valence electrons.